The van der Waals surface area contributed by atoms with Gasteiger partial charge in [0.15, 0.2) is 11.3 Å². The molecule has 0 bridgehead atoms. The van der Waals surface area contributed by atoms with E-state index in [2.05, 4.69) is 20.6 Å². The Labute approximate surface area is 393 Å². The van der Waals surface area contributed by atoms with E-state index in [1.54, 1.807) is 23.4 Å². The van der Waals surface area contributed by atoms with E-state index in [1.165, 1.54) is 0 Å². The Hall–Kier alpha value is -6.17. The van der Waals surface area contributed by atoms with Gasteiger partial charge in [-0.2, -0.15) is 0 Å². The molecule has 8 heterocycles. The van der Waals surface area contributed by atoms with E-state index in [0.29, 0.717) is 108 Å². The highest BCUT2D eigenvalue weighted by atomic mass is 35.5. The molecule has 0 unspecified atom stereocenters. The molecule has 1 aromatic carbocycles. The number of aryl methyl sites for hydroxylation is 5. The standard InChI is InChI=1S/C28H28ClF2N5O2.C21H23F2N5O2/c1-15-4-5-20(13-21(15)29)35-23(6-7-24(35)37)27-33-22-12-18(25-16(2)34-38-17(25)3)14-32-26(22)36(27)19-8-10-28(30,31)11-9-19;1-11-18(12(2)30-27-11)13-9-16-19(24-10-13)28(14-5-7-21(22,23)8-6-14)20(26-16)15-3-4-17(29)25-15/h4-5,12-14,19,23H,6-11H2,1-3H3;9-10,14-15H,3-8H2,1-2H3,(H,25,29)/t23-;15-/m00/s1. The van der Waals surface area contributed by atoms with Crippen molar-refractivity contribution in [1.29, 1.82) is 0 Å². The summed E-state index contributed by atoms with van der Waals surface area (Å²) in [5, 5.41) is 11.6. The number of nitrogens with zero attached hydrogens (tertiary/aromatic N) is 9. The van der Waals surface area contributed by atoms with Crippen LogP contribution in [0, 0.1) is 34.6 Å². The van der Waals surface area contributed by atoms with Gasteiger partial charge in [0, 0.05) is 96.0 Å². The fourth-order valence-corrected chi connectivity index (χ4v) is 10.8. The number of halogens is 5. The lowest BCUT2D eigenvalue weighted by Crippen LogP contribution is -2.32. The third kappa shape index (κ3) is 8.42. The van der Waals surface area contributed by atoms with Crippen LogP contribution in [-0.2, 0) is 9.59 Å². The van der Waals surface area contributed by atoms with Crippen molar-refractivity contribution in [3.8, 4) is 22.3 Å². The van der Waals surface area contributed by atoms with Gasteiger partial charge in [-0.25, -0.2) is 37.5 Å². The first-order valence-electron chi connectivity index (χ1n) is 23.2. The molecule has 2 saturated heterocycles. The SMILES string of the molecule is Cc1ccc(N2C(=O)CC[C@H]2c2nc3cc(-c4c(C)noc4C)cnc3n2C2CCC(F)(F)CC2)cc1Cl.Cc1noc(C)c1-c1cnc2c(c1)nc([C@@H]1CCC(=O)N1)n2C1CCC(F)(F)CC1. The van der Waals surface area contributed by atoms with E-state index < -0.39 is 11.8 Å². The third-order valence-corrected chi connectivity index (χ3v) is 14.5. The van der Waals surface area contributed by atoms with E-state index in [1.807, 2.05) is 68.0 Å². The second kappa shape index (κ2) is 17.4. The van der Waals surface area contributed by atoms with Crippen molar-refractivity contribution in [3.63, 3.8) is 0 Å². The highest BCUT2D eigenvalue weighted by molar-refractivity contribution is 6.31. The molecule has 2 amide bonds. The molecule has 19 heteroatoms. The summed E-state index contributed by atoms with van der Waals surface area (Å²) in [6, 6.07) is 8.57. The van der Waals surface area contributed by atoms with Crippen LogP contribution < -0.4 is 10.2 Å². The second-order valence-corrected chi connectivity index (χ2v) is 19.2. The molecule has 0 radical (unpaired) electrons. The van der Waals surface area contributed by atoms with Gasteiger partial charge in [0.25, 0.3) is 0 Å². The quantitative estimate of drug-likeness (QED) is 0.152. The van der Waals surface area contributed by atoms with Crippen LogP contribution in [-0.4, -0.2) is 63.0 Å². The van der Waals surface area contributed by atoms with Crippen molar-refractivity contribution in [2.24, 2.45) is 0 Å². The summed E-state index contributed by atoms with van der Waals surface area (Å²) < 4.78 is 70.3. The first-order valence-corrected chi connectivity index (χ1v) is 23.6. The van der Waals surface area contributed by atoms with Crippen molar-refractivity contribution in [2.45, 2.75) is 148 Å². The molecule has 356 valence electrons. The largest absolute Gasteiger partial charge is 0.361 e. The summed E-state index contributed by atoms with van der Waals surface area (Å²) in [7, 11) is 0. The van der Waals surface area contributed by atoms with Gasteiger partial charge in [-0.3, -0.25) is 9.59 Å². The number of amides is 2. The molecule has 6 aromatic heterocycles. The number of nitrogens with one attached hydrogen (secondary N) is 1. The summed E-state index contributed by atoms with van der Waals surface area (Å²) in [5.41, 5.74) is 9.18. The van der Waals surface area contributed by atoms with E-state index in [0.717, 1.165) is 39.2 Å². The topological polar surface area (TPSA) is 163 Å². The minimum atomic E-state index is -2.66. The van der Waals surface area contributed by atoms with Crippen LogP contribution in [0.2, 0.25) is 5.02 Å². The maximum atomic E-state index is 14.1. The average Bonchev–Trinajstić information content (AvgIpc) is 4.17. The predicted octanol–water partition coefficient (Wildman–Crippen LogP) is 11.7. The highest BCUT2D eigenvalue weighted by Gasteiger charge is 2.42. The smallest absolute Gasteiger partial charge is 0.248 e. The maximum Gasteiger partial charge on any atom is 0.248 e. The normalized spacial score (nSPS) is 20.9. The average molecular weight is 955 g/mol. The van der Waals surface area contributed by atoms with Gasteiger partial charge in [0.2, 0.25) is 23.7 Å². The van der Waals surface area contributed by atoms with Gasteiger partial charge in [-0.1, -0.05) is 28.0 Å². The molecule has 68 heavy (non-hydrogen) atoms. The summed E-state index contributed by atoms with van der Waals surface area (Å²) in [6.07, 6.45) is 6.19. The molecule has 11 rings (SSSR count). The lowest BCUT2D eigenvalue weighted by Gasteiger charge is -2.32. The molecule has 1 N–H and O–H groups in total. The Morgan fingerprint density at radius 2 is 1.19 bits per heavy atom. The summed E-state index contributed by atoms with van der Waals surface area (Å²) in [6.45, 7) is 9.35. The van der Waals surface area contributed by atoms with Gasteiger partial charge in [-0.05, 0) is 103 Å². The number of carbonyl (C=O) groups excluding carboxylic acids is 2. The Morgan fingerprint density at radius 1 is 0.676 bits per heavy atom. The molecule has 2 saturated carbocycles. The lowest BCUT2D eigenvalue weighted by molar-refractivity contribution is -0.119. The molecular formula is C49H51ClF4N10O4. The van der Waals surface area contributed by atoms with Crippen molar-refractivity contribution >= 4 is 51.4 Å². The molecule has 4 aliphatic rings. The van der Waals surface area contributed by atoms with E-state index >= 15 is 0 Å². The van der Waals surface area contributed by atoms with Crippen molar-refractivity contribution in [3.05, 3.63) is 87.9 Å². The van der Waals surface area contributed by atoms with Crippen LogP contribution in [0.1, 0.15) is 141 Å². The van der Waals surface area contributed by atoms with Gasteiger partial charge in [0.05, 0.1) is 23.5 Å². The van der Waals surface area contributed by atoms with Gasteiger partial charge in [-0.15, -0.1) is 0 Å². The number of pyridine rings is 2. The van der Waals surface area contributed by atoms with E-state index in [4.69, 9.17) is 35.6 Å². The Balaban J connectivity index is 0.000000163. The fraction of sp³-hybridized carbons (Fsp3) is 0.469. The van der Waals surface area contributed by atoms with Crippen molar-refractivity contribution < 1.29 is 36.2 Å². The number of alkyl halides is 4. The molecule has 0 spiro atoms. The lowest BCUT2D eigenvalue weighted by atomic mass is 9.91. The Kier molecular flexibility index (Phi) is 11.7. The number of hydrogen-bond acceptors (Lipinski definition) is 10. The summed E-state index contributed by atoms with van der Waals surface area (Å²) in [4.78, 5) is 46.0. The number of carbonyl (C=O) groups is 2. The zero-order valence-electron chi connectivity index (χ0n) is 38.4. The molecule has 2 atom stereocenters. The third-order valence-electron chi connectivity index (χ3n) is 14.1. The molecule has 4 fully saturated rings. The summed E-state index contributed by atoms with van der Waals surface area (Å²) >= 11 is 6.42. The van der Waals surface area contributed by atoms with Crippen molar-refractivity contribution in [1.82, 2.24) is 44.7 Å². The fourth-order valence-electron chi connectivity index (χ4n) is 10.6. The minimum Gasteiger partial charge on any atom is -0.361 e. The van der Waals surface area contributed by atoms with Crippen molar-refractivity contribution in [2.75, 3.05) is 4.90 Å². The van der Waals surface area contributed by atoms with E-state index in [-0.39, 0.29) is 61.7 Å². The summed E-state index contributed by atoms with van der Waals surface area (Å²) in [5.74, 6) is -2.56. The second-order valence-electron chi connectivity index (χ2n) is 18.8. The van der Waals surface area contributed by atoms with Crippen LogP contribution in [0.4, 0.5) is 23.2 Å². The number of benzene rings is 1. The zero-order chi connectivity index (χ0) is 47.8. The number of anilines is 1. The van der Waals surface area contributed by atoms with Gasteiger partial charge < -0.3 is 28.4 Å². The van der Waals surface area contributed by atoms with Crippen LogP contribution >= 0.6 is 11.6 Å². The monoisotopic (exact) mass is 954 g/mol. The molecular weight excluding hydrogens is 904 g/mol. The number of imidazole rings is 2. The molecule has 14 nitrogen and oxygen atoms in total. The van der Waals surface area contributed by atoms with Crippen LogP contribution in [0.15, 0.2) is 51.8 Å². The Bertz CT molecular complexity index is 3050. The first-order chi connectivity index (χ1) is 32.4. The predicted molar refractivity (Wildman–Crippen MR) is 246 cm³/mol. The molecule has 2 aliphatic carbocycles. The van der Waals surface area contributed by atoms with Crippen LogP contribution in [0.5, 0.6) is 0 Å². The number of fused-ring (bicyclic) bond motifs is 2. The minimum absolute atomic E-state index is 0.0156. The van der Waals surface area contributed by atoms with Gasteiger partial charge in [0.1, 0.15) is 34.2 Å². The van der Waals surface area contributed by atoms with Crippen LogP contribution in [0.3, 0.4) is 0 Å². The Morgan fingerprint density at radius 3 is 1.66 bits per heavy atom. The van der Waals surface area contributed by atoms with E-state index in [9.17, 15) is 27.2 Å². The maximum absolute atomic E-state index is 14.1. The molecule has 2 aliphatic heterocycles. The zero-order valence-corrected chi connectivity index (χ0v) is 39.1. The number of rotatable bonds is 7. The highest BCUT2D eigenvalue weighted by Crippen LogP contribution is 2.46. The molecule has 7 aromatic rings. The number of aromatic nitrogens is 8. The van der Waals surface area contributed by atoms with Gasteiger partial charge >= 0.3 is 0 Å². The first kappa shape index (κ1) is 45.6. The van der Waals surface area contributed by atoms with Crippen LogP contribution in [0.25, 0.3) is 44.6 Å². The number of hydrogen-bond donors (Lipinski definition) is 1.